The molecule has 0 amide bonds. The van der Waals surface area contributed by atoms with Crippen molar-refractivity contribution in [1.29, 1.82) is 5.41 Å². The molecule has 0 heterocycles. The SMILES string of the molecule is C=C/C(C)=C\C=C/CC(=N)/C=C(/c1ccccc1)C(C)/C=C\CC=CCC.CC. The molecule has 1 unspecified atom stereocenters. The minimum Gasteiger partial charge on any atom is -0.305 e. The second kappa shape index (κ2) is 17.4. The monoisotopic (exact) mass is 389 g/mol. The predicted molar refractivity (Wildman–Crippen MR) is 134 cm³/mol. The Morgan fingerprint density at radius 2 is 1.76 bits per heavy atom. The van der Waals surface area contributed by atoms with Crippen LogP contribution in [0, 0.1) is 11.3 Å². The Labute approximate surface area is 179 Å². The molecule has 0 saturated carbocycles. The summed E-state index contributed by atoms with van der Waals surface area (Å²) in [5.41, 5.74) is 4.09. The molecule has 1 N–H and O–H groups in total. The molecule has 0 saturated heterocycles. The molecule has 0 aliphatic rings. The lowest BCUT2D eigenvalue weighted by molar-refractivity contribution is 0.957. The summed E-state index contributed by atoms with van der Waals surface area (Å²) < 4.78 is 0. The lowest BCUT2D eigenvalue weighted by Gasteiger charge is -2.13. The number of hydrogen-bond donors (Lipinski definition) is 1. The first kappa shape index (κ1) is 26.3. The first-order chi connectivity index (χ1) is 14.1. The van der Waals surface area contributed by atoms with Crippen molar-refractivity contribution in [2.45, 2.75) is 53.9 Å². The third kappa shape index (κ3) is 12.4. The number of allylic oxidation sites excluding steroid dienone is 11. The van der Waals surface area contributed by atoms with Crippen molar-refractivity contribution in [3.05, 3.63) is 103 Å². The topological polar surface area (TPSA) is 23.9 Å². The van der Waals surface area contributed by atoms with Crippen molar-refractivity contribution in [2.24, 2.45) is 5.92 Å². The van der Waals surface area contributed by atoms with E-state index in [-0.39, 0.29) is 5.92 Å². The number of nitrogens with one attached hydrogen (secondary N) is 1. The zero-order chi connectivity index (χ0) is 21.9. The van der Waals surface area contributed by atoms with E-state index in [1.807, 2.05) is 57.2 Å². The van der Waals surface area contributed by atoms with Gasteiger partial charge in [0.2, 0.25) is 0 Å². The molecule has 0 spiro atoms. The van der Waals surface area contributed by atoms with Gasteiger partial charge in [-0.3, -0.25) is 0 Å². The molecule has 1 rings (SSSR count). The Bertz CT molecular complexity index is 727. The van der Waals surface area contributed by atoms with Gasteiger partial charge < -0.3 is 5.41 Å². The minimum atomic E-state index is 0.259. The quantitative estimate of drug-likeness (QED) is 0.222. The molecular formula is C28H39N. The van der Waals surface area contributed by atoms with Crippen LogP contribution in [-0.4, -0.2) is 5.71 Å². The highest BCUT2D eigenvalue weighted by molar-refractivity contribution is 6.00. The molecule has 0 bridgehead atoms. The minimum absolute atomic E-state index is 0.259. The number of rotatable bonds is 11. The second-order valence-corrected chi connectivity index (χ2v) is 6.57. The maximum absolute atomic E-state index is 8.36. The van der Waals surface area contributed by atoms with Crippen LogP contribution in [-0.2, 0) is 0 Å². The van der Waals surface area contributed by atoms with Gasteiger partial charge in [-0.25, -0.2) is 0 Å². The molecule has 1 heteroatoms. The van der Waals surface area contributed by atoms with Crippen LogP contribution in [0.25, 0.3) is 5.57 Å². The fourth-order valence-electron chi connectivity index (χ4n) is 2.57. The van der Waals surface area contributed by atoms with E-state index in [2.05, 4.69) is 69.0 Å². The Morgan fingerprint density at radius 3 is 2.38 bits per heavy atom. The summed E-state index contributed by atoms with van der Waals surface area (Å²) in [4.78, 5) is 0. The van der Waals surface area contributed by atoms with E-state index in [9.17, 15) is 0 Å². The lowest BCUT2D eigenvalue weighted by Crippen LogP contribution is -2.00. The highest BCUT2D eigenvalue weighted by atomic mass is 14.4. The van der Waals surface area contributed by atoms with Gasteiger partial charge in [-0.05, 0) is 42.9 Å². The molecule has 1 aromatic rings. The fourth-order valence-corrected chi connectivity index (χ4v) is 2.57. The molecule has 1 nitrogen and oxygen atoms in total. The predicted octanol–water partition coefficient (Wildman–Crippen LogP) is 8.74. The molecule has 0 fully saturated rings. The Morgan fingerprint density at radius 1 is 1.07 bits per heavy atom. The van der Waals surface area contributed by atoms with Crippen LogP contribution in [0.4, 0.5) is 0 Å². The Hall–Kier alpha value is -2.67. The van der Waals surface area contributed by atoms with E-state index < -0.39 is 0 Å². The van der Waals surface area contributed by atoms with E-state index in [4.69, 9.17) is 5.41 Å². The summed E-state index contributed by atoms with van der Waals surface area (Å²) in [5, 5.41) is 8.36. The van der Waals surface area contributed by atoms with Crippen molar-refractivity contribution in [3.63, 3.8) is 0 Å². The van der Waals surface area contributed by atoms with E-state index in [1.165, 1.54) is 11.1 Å². The smallest absolute Gasteiger partial charge is 0.0354 e. The van der Waals surface area contributed by atoms with Crippen LogP contribution in [0.3, 0.4) is 0 Å². The molecule has 1 aromatic carbocycles. The van der Waals surface area contributed by atoms with Gasteiger partial charge in [-0.15, -0.1) is 0 Å². The van der Waals surface area contributed by atoms with E-state index in [0.29, 0.717) is 12.1 Å². The number of hydrogen-bond acceptors (Lipinski definition) is 1. The third-order valence-corrected chi connectivity index (χ3v) is 4.18. The van der Waals surface area contributed by atoms with Crippen LogP contribution in [0.15, 0.2) is 97.2 Å². The average Bonchev–Trinajstić information content (AvgIpc) is 2.76. The summed E-state index contributed by atoms with van der Waals surface area (Å²) in [6, 6.07) is 10.4. The first-order valence-electron chi connectivity index (χ1n) is 10.7. The highest BCUT2D eigenvalue weighted by Crippen LogP contribution is 2.25. The largest absolute Gasteiger partial charge is 0.305 e. The van der Waals surface area contributed by atoms with Gasteiger partial charge in [0.05, 0.1) is 0 Å². The molecule has 29 heavy (non-hydrogen) atoms. The molecule has 0 aliphatic carbocycles. The van der Waals surface area contributed by atoms with Crippen LogP contribution >= 0.6 is 0 Å². The van der Waals surface area contributed by atoms with Crippen LogP contribution < -0.4 is 0 Å². The van der Waals surface area contributed by atoms with E-state index in [1.54, 1.807) is 0 Å². The van der Waals surface area contributed by atoms with Crippen LogP contribution in [0.1, 0.15) is 59.4 Å². The normalized spacial score (nSPS) is 13.6. The van der Waals surface area contributed by atoms with Crippen molar-refractivity contribution in [3.8, 4) is 0 Å². The molecular weight excluding hydrogens is 350 g/mol. The Kier molecular flexibility index (Phi) is 15.8. The highest BCUT2D eigenvalue weighted by Gasteiger charge is 2.09. The van der Waals surface area contributed by atoms with Gasteiger partial charge in [-0.2, -0.15) is 0 Å². The van der Waals surface area contributed by atoms with Gasteiger partial charge in [0.1, 0.15) is 0 Å². The second-order valence-electron chi connectivity index (χ2n) is 6.57. The first-order valence-corrected chi connectivity index (χ1v) is 10.7. The van der Waals surface area contributed by atoms with Gasteiger partial charge in [0.15, 0.2) is 0 Å². The zero-order valence-corrected chi connectivity index (χ0v) is 19.0. The van der Waals surface area contributed by atoms with E-state index in [0.717, 1.165) is 18.4 Å². The third-order valence-electron chi connectivity index (χ3n) is 4.18. The molecule has 0 radical (unpaired) electrons. The standard InChI is InChI=1S/C26H33N.C2H6/c1-5-7-8-9-11-17-23(4)26(24-18-12-10-13-19-24)21-25(27)20-15-14-16-22(3)6-2;1-2/h6-8,10-19,21,23,27H,2,5,9,20H2,1,3-4H3;1-2H3/b8-7?,15-14-,17-11-,22-16-,26-21+,27-25?;. The fraction of sp³-hybridized carbons (Fsp3) is 0.321. The average molecular weight is 390 g/mol. The van der Waals surface area contributed by atoms with Gasteiger partial charge >= 0.3 is 0 Å². The summed E-state index contributed by atoms with van der Waals surface area (Å²) in [6.07, 6.45) is 21.3. The summed E-state index contributed by atoms with van der Waals surface area (Å²) >= 11 is 0. The lowest BCUT2D eigenvalue weighted by atomic mass is 9.91. The van der Waals surface area contributed by atoms with Crippen molar-refractivity contribution >= 4 is 11.3 Å². The summed E-state index contributed by atoms with van der Waals surface area (Å²) in [5.74, 6) is 0.259. The molecule has 0 aromatic heterocycles. The van der Waals surface area contributed by atoms with Crippen molar-refractivity contribution < 1.29 is 0 Å². The summed E-state index contributed by atoms with van der Waals surface area (Å²) in [7, 11) is 0. The summed E-state index contributed by atoms with van der Waals surface area (Å²) in [6.45, 7) is 14.1. The van der Waals surface area contributed by atoms with Crippen LogP contribution in [0.5, 0.6) is 0 Å². The molecule has 0 aliphatic heterocycles. The van der Waals surface area contributed by atoms with Crippen LogP contribution in [0.2, 0.25) is 0 Å². The van der Waals surface area contributed by atoms with Gasteiger partial charge in [-0.1, -0.05) is 119 Å². The zero-order valence-electron chi connectivity index (χ0n) is 19.0. The Balaban J connectivity index is 0.00000379. The maximum Gasteiger partial charge on any atom is 0.0354 e. The van der Waals surface area contributed by atoms with Gasteiger partial charge in [0.25, 0.3) is 0 Å². The maximum atomic E-state index is 8.36. The van der Waals surface area contributed by atoms with Gasteiger partial charge in [0, 0.05) is 12.1 Å². The molecule has 156 valence electrons. The van der Waals surface area contributed by atoms with Crippen molar-refractivity contribution in [1.82, 2.24) is 0 Å². The van der Waals surface area contributed by atoms with Crippen molar-refractivity contribution in [2.75, 3.05) is 0 Å². The van der Waals surface area contributed by atoms with E-state index >= 15 is 0 Å². The number of benzene rings is 1. The molecule has 1 atom stereocenters.